The zero-order chi connectivity index (χ0) is 14.2. The summed E-state index contributed by atoms with van der Waals surface area (Å²) in [6.45, 7) is 2.75. The van der Waals surface area contributed by atoms with Crippen molar-refractivity contribution in [2.45, 2.75) is 58.3 Å². The van der Waals surface area contributed by atoms with Gasteiger partial charge in [-0.15, -0.1) is 0 Å². The summed E-state index contributed by atoms with van der Waals surface area (Å²) < 4.78 is 5.68. The Balaban J connectivity index is 1.90. The van der Waals surface area contributed by atoms with Crippen LogP contribution in [0.25, 0.3) is 0 Å². The third kappa shape index (κ3) is 4.36. The van der Waals surface area contributed by atoms with Gasteiger partial charge in [0.05, 0.1) is 12.2 Å². The molecule has 1 aliphatic carbocycles. The van der Waals surface area contributed by atoms with E-state index in [-0.39, 0.29) is 5.78 Å². The molecular formula is C18H26O2. The normalized spacial score (nSPS) is 16.1. The van der Waals surface area contributed by atoms with Gasteiger partial charge >= 0.3 is 0 Å². The van der Waals surface area contributed by atoms with Crippen LogP contribution in [0.2, 0.25) is 0 Å². The van der Waals surface area contributed by atoms with E-state index in [0.29, 0.717) is 13.0 Å². The molecule has 0 unspecified atom stereocenters. The van der Waals surface area contributed by atoms with Gasteiger partial charge in [-0.1, -0.05) is 51.2 Å². The maximum absolute atomic E-state index is 12.4. The van der Waals surface area contributed by atoms with Gasteiger partial charge in [-0.05, 0) is 30.9 Å². The molecular weight excluding hydrogens is 248 g/mol. The fraction of sp³-hybridized carbons (Fsp3) is 0.611. The number of ether oxygens (including phenoxy) is 1. The van der Waals surface area contributed by atoms with E-state index in [1.165, 1.54) is 32.1 Å². The molecule has 0 aromatic heterocycles. The minimum Gasteiger partial charge on any atom is -0.493 e. The number of hydrogen-bond donors (Lipinski definition) is 0. The summed E-state index contributed by atoms with van der Waals surface area (Å²) in [4.78, 5) is 12.4. The number of Topliss-reactive ketones (excluding diaryl/α,β-unsaturated/α-hetero) is 1. The van der Waals surface area contributed by atoms with Crippen LogP contribution in [-0.2, 0) is 0 Å². The summed E-state index contributed by atoms with van der Waals surface area (Å²) in [6.07, 6.45) is 9.34. The van der Waals surface area contributed by atoms with Crippen molar-refractivity contribution in [2.75, 3.05) is 6.61 Å². The van der Waals surface area contributed by atoms with Crippen molar-refractivity contribution in [2.24, 2.45) is 5.92 Å². The molecule has 0 N–H and O–H groups in total. The van der Waals surface area contributed by atoms with E-state index in [2.05, 4.69) is 6.92 Å². The first kappa shape index (κ1) is 15.1. The Morgan fingerprint density at radius 2 is 1.95 bits per heavy atom. The molecule has 0 bridgehead atoms. The first-order chi connectivity index (χ1) is 9.81. The molecule has 0 spiro atoms. The molecule has 1 fully saturated rings. The minimum absolute atomic E-state index is 0.238. The highest BCUT2D eigenvalue weighted by Crippen LogP contribution is 2.29. The SMILES string of the molecule is CCCOc1ccccc1C(=O)CCC1CCCCC1. The van der Waals surface area contributed by atoms with E-state index >= 15 is 0 Å². The number of carbonyl (C=O) groups is 1. The second-order valence-corrected chi connectivity index (χ2v) is 5.81. The third-order valence-electron chi connectivity index (χ3n) is 4.15. The van der Waals surface area contributed by atoms with Crippen LogP contribution in [0.3, 0.4) is 0 Å². The van der Waals surface area contributed by atoms with E-state index in [9.17, 15) is 4.79 Å². The Kier molecular flexibility index (Phi) is 6.10. The van der Waals surface area contributed by atoms with Crippen LogP contribution in [-0.4, -0.2) is 12.4 Å². The van der Waals surface area contributed by atoms with Crippen LogP contribution in [0.1, 0.15) is 68.6 Å². The molecule has 0 amide bonds. The summed E-state index contributed by atoms with van der Waals surface area (Å²) in [5.74, 6) is 1.75. The van der Waals surface area contributed by atoms with Crippen LogP contribution in [0.5, 0.6) is 5.75 Å². The molecule has 0 atom stereocenters. The van der Waals surface area contributed by atoms with Gasteiger partial charge in [0.1, 0.15) is 5.75 Å². The van der Waals surface area contributed by atoms with Crippen molar-refractivity contribution >= 4 is 5.78 Å². The molecule has 0 saturated heterocycles. The number of benzene rings is 1. The minimum atomic E-state index is 0.238. The number of ketones is 1. The van der Waals surface area contributed by atoms with Crippen molar-refractivity contribution in [1.82, 2.24) is 0 Å². The van der Waals surface area contributed by atoms with Crippen molar-refractivity contribution in [3.8, 4) is 5.75 Å². The molecule has 1 aromatic rings. The fourth-order valence-electron chi connectivity index (χ4n) is 2.98. The largest absolute Gasteiger partial charge is 0.493 e. The van der Waals surface area contributed by atoms with E-state index < -0.39 is 0 Å². The number of carbonyl (C=O) groups excluding carboxylic acids is 1. The lowest BCUT2D eigenvalue weighted by Gasteiger charge is -2.21. The predicted molar refractivity (Wildman–Crippen MR) is 82.4 cm³/mol. The Morgan fingerprint density at radius 1 is 1.20 bits per heavy atom. The number of hydrogen-bond acceptors (Lipinski definition) is 2. The van der Waals surface area contributed by atoms with Crippen LogP contribution in [0.15, 0.2) is 24.3 Å². The molecule has 0 radical (unpaired) electrons. The van der Waals surface area contributed by atoms with E-state index in [1.807, 2.05) is 24.3 Å². The van der Waals surface area contributed by atoms with Crippen LogP contribution < -0.4 is 4.74 Å². The molecule has 2 heteroatoms. The van der Waals surface area contributed by atoms with Gasteiger partial charge in [-0.3, -0.25) is 4.79 Å². The van der Waals surface area contributed by atoms with E-state index in [0.717, 1.165) is 30.1 Å². The highest BCUT2D eigenvalue weighted by molar-refractivity contribution is 5.98. The van der Waals surface area contributed by atoms with Crippen LogP contribution in [0.4, 0.5) is 0 Å². The fourth-order valence-corrected chi connectivity index (χ4v) is 2.98. The Bertz CT molecular complexity index is 419. The zero-order valence-electron chi connectivity index (χ0n) is 12.6. The molecule has 110 valence electrons. The van der Waals surface area contributed by atoms with Gasteiger partial charge in [0, 0.05) is 6.42 Å². The van der Waals surface area contributed by atoms with Gasteiger partial charge in [0.25, 0.3) is 0 Å². The lowest BCUT2D eigenvalue weighted by molar-refractivity contribution is 0.0966. The highest BCUT2D eigenvalue weighted by atomic mass is 16.5. The number of rotatable bonds is 7. The monoisotopic (exact) mass is 274 g/mol. The van der Waals surface area contributed by atoms with Gasteiger partial charge in [-0.25, -0.2) is 0 Å². The van der Waals surface area contributed by atoms with Crippen molar-refractivity contribution in [3.63, 3.8) is 0 Å². The maximum Gasteiger partial charge on any atom is 0.166 e. The topological polar surface area (TPSA) is 26.3 Å². The van der Waals surface area contributed by atoms with Gasteiger partial charge in [0.2, 0.25) is 0 Å². The summed E-state index contributed by atoms with van der Waals surface area (Å²) in [6, 6.07) is 7.66. The molecule has 0 aliphatic heterocycles. The Hall–Kier alpha value is -1.31. The lowest BCUT2D eigenvalue weighted by Crippen LogP contribution is -2.10. The first-order valence-electron chi connectivity index (χ1n) is 8.06. The quantitative estimate of drug-likeness (QED) is 0.653. The lowest BCUT2D eigenvalue weighted by atomic mass is 9.85. The summed E-state index contributed by atoms with van der Waals surface area (Å²) in [5, 5.41) is 0. The number of para-hydroxylation sites is 1. The van der Waals surface area contributed by atoms with Gasteiger partial charge < -0.3 is 4.74 Å². The van der Waals surface area contributed by atoms with E-state index in [1.54, 1.807) is 0 Å². The first-order valence-corrected chi connectivity index (χ1v) is 8.06. The second-order valence-electron chi connectivity index (χ2n) is 5.81. The smallest absolute Gasteiger partial charge is 0.166 e. The van der Waals surface area contributed by atoms with Crippen molar-refractivity contribution < 1.29 is 9.53 Å². The van der Waals surface area contributed by atoms with E-state index in [4.69, 9.17) is 4.74 Å². The summed E-state index contributed by atoms with van der Waals surface area (Å²) in [5.41, 5.74) is 0.761. The predicted octanol–water partition coefficient (Wildman–Crippen LogP) is 5.02. The molecule has 2 rings (SSSR count). The second kappa shape index (κ2) is 8.08. The molecule has 1 aliphatic rings. The van der Waals surface area contributed by atoms with Crippen molar-refractivity contribution in [1.29, 1.82) is 0 Å². The van der Waals surface area contributed by atoms with Gasteiger partial charge in [-0.2, -0.15) is 0 Å². The summed E-state index contributed by atoms with van der Waals surface area (Å²) in [7, 11) is 0. The highest BCUT2D eigenvalue weighted by Gasteiger charge is 2.17. The molecule has 1 aromatic carbocycles. The Labute approximate surface area is 122 Å². The third-order valence-corrected chi connectivity index (χ3v) is 4.15. The Morgan fingerprint density at radius 3 is 2.70 bits per heavy atom. The molecule has 0 heterocycles. The average Bonchev–Trinajstić information content (AvgIpc) is 2.52. The van der Waals surface area contributed by atoms with Crippen molar-refractivity contribution in [3.05, 3.63) is 29.8 Å². The zero-order valence-corrected chi connectivity index (χ0v) is 12.6. The maximum atomic E-state index is 12.4. The standard InChI is InChI=1S/C18H26O2/c1-2-14-20-18-11-7-6-10-16(18)17(19)13-12-15-8-4-3-5-9-15/h6-7,10-11,15H,2-5,8-9,12-14H2,1H3. The average molecular weight is 274 g/mol. The van der Waals surface area contributed by atoms with Crippen LogP contribution >= 0.6 is 0 Å². The molecule has 20 heavy (non-hydrogen) atoms. The van der Waals surface area contributed by atoms with Crippen LogP contribution in [0, 0.1) is 5.92 Å². The molecule has 2 nitrogen and oxygen atoms in total. The summed E-state index contributed by atoms with van der Waals surface area (Å²) >= 11 is 0. The van der Waals surface area contributed by atoms with Gasteiger partial charge in [0.15, 0.2) is 5.78 Å². The molecule has 1 saturated carbocycles.